The molecule has 0 amide bonds. The molecule has 1 aromatic heterocycles. The Bertz CT molecular complexity index is 1040. The molecule has 4 heteroatoms. The molecule has 4 nitrogen and oxygen atoms in total. The van der Waals surface area contributed by atoms with Gasteiger partial charge in [0.2, 0.25) is 6.20 Å². The first-order valence-corrected chi connectivity index (χ1v) is 8.00. The number of hydrogen-bond acceptors (Lipinski definition) is 3. The van der Waals surface area contributed by atoms with Crippen LogP contribution in [0.1, 0.15) is 5.56 Å². The Kier molecular flexibility index (Phi) is 3.92. The summed E-state index contributed by atoms with van der Waals surface area (Å²) in [5.74, 6) is -0.326. The SMILES string of the molecule is [O-]/C(=N\[n+]1cc2ccccc2c(-c2ccccc2)n1)c1ccccc1. The molecule has 4 rings (SSSR count). The lowest BCUT2D eigenvalue weighted by atomic mass is 10.1. The van der Waals surface area contributed by atoms with Crippen molar-refractivity contribution in [2.75, 3.05) is 0 Å². The fraction of sp³-hybridized carbons (Fsp3) is 0. The Hall–Kier alpha value is -3.53. The second-order valence-corrected chi connectivity index (χ2v) is 5.62. The van der Waals surface area contributed by atoms with E-state index in [1.807, 2.05) is 72.8 Å². The van der Waals surface area contributed by atoms with Crippen LogP contribution < -0.4 is 9.90 Å². The molecule has 1 heterocycles. The Morgan fingerprint density at radius 3 is 2.20 bits per heavy atom. The zero-order chi connectivity index (χ0) is 17.1. The number of aromatic nitrogens is 2. The second kappa shape index (κ2) is 6.53. The highest BCUT2D eigenvalue weighted by Crippen LogP contribution is 2.24. The summed E-state index contributed by atoms with van der Waals surface area (Å²) in [7, 11) is 0. The maximum Gasteiger partial charge on any atom is 0.241 e. The molecule has 0 aliphatic carbocycles. The van der Waals surface area contributed by atoms with Crippen LogP contribution in [0, 0.1) is 0 Å². The molecule has 0 aliphatic heterocycles. The lowest BCUT2D eigenvalue weighted by Gasteiger charge is -2.06. The van der Waals surface area contributed by atoms with Crippen LogP contribution in [0.2, 0.25) is 0 Å². The molecule has 0 unspecified atom stereocenters. The van der Waals surface area contributed by atoms with Gasteiger partial charge in [0, 0.05) is 21.1 Å². The van der Waals surface area contributed by atoms with Gasteiger partial charge < -0.3 is 5.11 Å². The van der Waals surface area contributed by atoms with E-state index in [1.165, 1.54) is 4.79 Å². The maximum atomic E-state index is 12.4. The van der Waals surface area contributed by atoms with Gasteiger partial charge in [-0.3, -0.25) is 0 Å². The van der Waals surface area contributed by atoms with Gasteiger partial charge in [0.25, 0.3) is 0 Å². The molecule has 120 valence electrons. The van der Waals surface area contributed by atoms with E-state index < -0.39 is 0 Å². The summed E-state index contributed by atoms with van der Waals surface area (Å²) in [6.45, 7) is 0. The van der Waals surface area contributed by atoms with Gasteiger partial charge in [-0.1, -0.05) is 78.9 Å². The topological polar surface area (TPSA) is 52.2 Å². The van der Waals surface area contributed by atoms with Gasteiger partial charge >= 0.3 is 0 Å². The third-order valence-electron chi connectivity index (χ3n) is 3.93. The van der Waals surface area contributed by atoms with E-state index in [-0.39, 0.29) is 5.90 Å². The average molecular weight is 325 g/mol. The van der Waals surface area contributed by atoms with E-state index in [4.69, 9.17) is 0 Å². The van der Waals surface area contributed by atoms with E-state index in [2.05, 4.69) is 10.2 Å². The van der Waals surface area contributed by atoms with E-state index in [1.54, 1.807) is 18.3 Å². The molecule has 0 saturated carbocycles. The van der Waals surface area contributed by atoms with Crippen molar-refractivity contribution in [3.05, 3.63) is 96.7 Å². The van der Waals surface area contributed by atoms with Crippen LogP contribution in [0.15, 0.2) is 96.2 Å². The zero-order valence-corrected chi connectivity index (χ0v) is 13.4. The largest absolute Gasteiger partial charge is 0.854 e. The lowest BCUT2D eigenvalue weighted by molar-refractivity contribution is -0.737. The van der Waals surface area contributed by atoms with Gasteiger partial charge in [-0.25, -0.2) is 0 Å². The van der Waals surface area contributed by atoms with Crippen LogP contribution in [-0.4, -0.2) is 11.0 Å². The number of benzene rings is 3. The second-order valence-electron chi connectivity index (χ2n) is 5.62. The van der Waals surface area contributed by atoms with E-state index in [0.29, 0.717) is 5.56 Å². The number of nitrogens with zero attached hydrogens (tertiary/aromatic N) is 3. The van der Waals surface area contributed by atoms with Gasteiger partial charge in [0.05, 0.1) is 16.1 Å². The van der Waals surface area contributed by atoms with Crippen molar-refractivity contribution < 1.29 is 9.90 Å². The minimum Gasteiger partial charge on any atom is -0.854 e. The van der Waals surface area contributed by atoms with Crippen LogP contribution in [-0.2, 0) is 0 Å². The van der Waals surface area contributed by atoms with Crippen LogP contribution >= 0.6 is 0 Å². The Balaban J connectivity index is 1.89. The fourth-order valence-electron chi connectivity index (χ4n) is 2.73. The normalized spacial score (nSPS) is 11.6. The van der Waals surface area contributed by atoms with E-state index in [9.17, 15) is 5.11 Å². The van der Waals surface area contributed by atoms with Crippen LogP contribution in [0.4, 0.5) is 0 Å². The van der Waals surface area contributed by atoms with E-state index >= 15 is 0 Å². The van der Waals surface area contributed by atoms with Crippen molar-refractivity contribution in [2.45, 2.75) is 0 Å². The van der Waals surface area contributed by atoms with Crippen LogP contribution in [0.3, 0.4) is 0 Å². The number of hydrogen-bond donors (Lipinski definition) is 0. The van der Waals surface area contributed by atoms with Crippen LogP contribution in [0.5, 0.6) is 0 Å². The molecule has 0 spiro atoms. The summed E-state index contributed by atoms with van der Waals surface area (Å²) in [6.07, 6.45) is 1.77. The first-order chi connectivity index (χ1) is 12.3. The highest BCUT2D eigenvalue weighted by Gasteiger charge is 2.13. The smallest absolute Gasteiger partial charge is 0.241 e. The molecule has 4 aromatic rings. The molecular formula is C21H15N3O. The predicted octanol–water partition coefficient (Wildman–Crippen LogP) is 2.76. The molecule has 0 aliphatic rings. The summed E-state index contributed by atoms with van der Waals surface area (Å²) >= 11 is 0. The highest BCUT2D eigenvalue weighted by atomic mass is 16.3. The Labute approximate surface area is 145 Å². The maximum absolute atomic E-state index is 12.4. The molecule has 3 aromatic carbocycles. The lowest BCUT2D eigenvalue weighted by Crippen LogP contribution is -2.37. The first-order valence-electron chi connectivity index (χ1n) is 8.00. The van der Waals surface area contributed by atoms with Crippen molar-refractivity contribution in [3.8, 4) is 11.3 Å². The number of rotatable bonds is 3. The molecule has 0 N–H and O–H groups in total. The first kappa shape index (κ1) is 15.0. The standard InChI is InChI=1S/C21H15N3O/c25-21(17-11-5-2-6-12-17)23-24-15-18-13-7-8-14-19(18)20(22-24)16-9-3-1-4-10-16/h1-15H. The van der Waals surface area contributed by atoms with Gasteiger partial charge in [-0.15, -0.1) is 0 Å². The van der Waals surface area contributed by atoms with Gasteiger partial charge in [-0.2, -0.15) is 0 Å². The minimum atomic E-state index is -0.326. The Morgan fingerprint density at radius 2 is 1.44 bits per heavy atom. The van der Waals surface area contributed by atoms with Crippen molar-refractivity contribution >= 4 is 16.7 Å². The van der Waals surface area contributed by atoms with E-state index in [0.717, 1.165) is 22.0 Å². The Morgan fingerprint density at radius 1 is 0.800 bits per heavy atom. The number of fused-ring (bicyclic) bond motifs is 1. The molecular weight excluding hydrogens is 310 g/mol. The van der Waals surface area contributed by atoms with Crippen LogP contribution in [0.25, 0.3) is 22.0 Å². The molecule has 0 fully saturated rings. The summed E-state index contributed by atoms with van der Waals surface area (Å²) in [5.41, 5.74) is 2.31. The molecule has 25 heavy (non-hydrogen) atoms. The van der Waals surface area contributed by atoms with Crippen molar-refractivity contribution in [1.29, 1.82) is 0 Å². The average Bonchev–Trinajstić information content (AvgIpc) is 2.68. The molecule has 0 radical (unpaired) electrons. The van der Waals surface area contributed by atoms with Gasteiger partial charge in [0.1, 0.15) is 5.69 Å². The summed E-state index contributed by atoms with van der Waals surface area (Å²) in [4.78, 5) is 1.36. The summed E-state index contributed by atoms with van der Waals surface area (Å²) in [5, 5.41) is 23.1. The molecule has 0 bridgehead atoms. The van der Waals surface area contributed by atoms with Crippen molar-refractivity contribution in [1.82, 2.24) is 5.10 Å². The predicted molar refractivity (Wildman–Crippen MR) is 95.8 cm³/mol. The van der Waals surface area contributed by atoms with Crippen molar-refractivity contribution in [3.63, 3.8) is 0 Å². The third-order valence-corrected chi connectivity index (χ3v) is 3.93. The fourth-order valence-corrected chi connectivity index (χ4v) is 2.73. The minimum absolute atomic E-state index is 0.326. The third kappa shape index (κ3) is 3.10. The zero-order valence-electron chi connectivity index (χ0n) is 13.4. The van der Waals surface area contributed by atoms with Gasteiger partial charge in [0.15, 0.2) is 0 Å². The quantitative estimate of drug-likeness (QED) is 0.330. The van der Waals surface area contributed by atoms with Crippen molar-refractivity contribution in [2.24, 2.45) is 5.10 Å². The van der Waals surface area contributed by atoms with Gasteiger partial charge in [-0.05, 0) is 11.6 Å². The summed E-state index contributed by atoms with van der Waals surface area (Å²) < 4.78 is 0. The molecule has 0 atom stereocenters. The molecule has 0 saturated heterocycles. The summed E-state index contributed by atoms with van der Waals surface area (Å²) in [6, 6.07) is 26.8. The monoisotopic (exact) mass is 325 g/mol. The highest BCUT2D eigenvalue weighted by molar-refractivity contribution is 5.93.